The minimum Gasteiger partial charge on any atom is -0.481 e. The van der Waals surface area contributed by atoms with Crippen LogP contribution in [0.3, 0.4) is 0 Å². The van der Waals surface area contributed by atoms with Gasteiger partial charge in [-0.2, -0.15) is 0 Å². The number of carboxylic acids is 3. The molecule has 0 aromatic rings. The van der Waals surface area contributed by atoms with Crippen LogP contribution in [0.5, 0.6) is 0 Å². The summed E-state index contributed by atoms with van der Waals surface area (Å²) in [6, 6.07) is 0. The lowest BCUT2D eigenvalue weighted by Crippen LogP contribution is -2.50. The molecule has 2 atom stereocenters. The van der Waals surface area contributed by atoms with Crippen molar-refractivity contribution < 1.29 is 34.8 Å². The maximum absolute atomic E-state index is 11.3. The monoisotopic (exact) mass is 332 g/mol. The summed E-state index contributed by atoms with van der Waals surface area (Å²) in [5.41, 5.74) is -2.78. The summed E-state index contributed by atoms with van der Waals surface area (Å²) in [4.78, 5) is 33.1. The van der Waals surface area contributed by atoms with E-state index in [0.29, 0.717) is 6.42 Å². The zero-order valence-corrected chi connectivity index (χ0v) is 13.7. The van der Waals surface area contributed by atoms with Gasteiger partial charge in [-0.15, -0.1) is 0 Å². The van der Waals surface area contributed by atoms with Gasteiger partial charge in [-0.1, -0.05) is 58.3 Å². The molecule has 0 aliphatic carbocycles. The van der Waals surface area contributed by atoms with Gasteiger partial charge >= 0.3 is 17.9 Å². The Morgan fingerprint density at radius 2 is 1.35 bits per heavy atom. The van der Waals surface area contributed by atoms with Crippen LogP contribution in [0.25, 0.3) is 0 Å². The minimum atomic E-state index is -2.78. The molecule has 0 bridgehead atoms. The van der Waals surface area contributed by atoms with E-state index >= 15 is 0 Å². The summed E-state index contributed by atoms with van der Waals surface area (Å²) >= 11 is 0. The lowest BCUT2D eigenvalue weighted by Gasteiger charge is -2.28. The molecule has 0 amide bonds. The van der Waals surface area contributed by atoms with Crippen molar-refractivity contribution in [3.8, 4) is 0 Å². The smallest absolute Gasteiger partial charge is 0.337 e. The highest BCUT2D eigenvalue weighted by Crippen LogP contribution is 2.28. The van der Waals surface area contributed by atoms with Crippen LogP contribution in [0, 0.1) is 5.92 Å². The average Bonchev–Trinajstić information content (AvgIpc) is 2.44. The van der Waals surface area contributed by atoms with Crippen molar-refractivity contribution in [2.45, 2.75) is 76.7 Å². The molecule has 0 rings (SSSR count). The molecule has 0 aromatic carbocycles. The first-order valence-electron chi connectivity index (χ1n) is 8.16. The van der Waals surface area contributed by atoms with Crippen LogP contribution >= 0.6 is 0 Å². The van der Waals surface area contributed by atoms with Crippen molar-refractivity contribution in [2.75, 3.05) is 0 Å². The van der Waals surface area contributed by atoms with Gasteiger partial charge < -0.3 is 20.4 Å². The second-order valence-electron chi connectivity index (χ2n) is 5.95. The van der Waals surface area contributed by atoms with Crippen LogP contribution in [0.4, 0.5) is 0 Å². The molecule has 2 unspecified atom stereocenters. The van der Waals surface area contributed by atoms with Crippen LogP contribution < -0.4 is 0 Å². The molecule has 0 aromatic heterocycles. The van der Waals surface area contributed by atoms with Gasteiger partial charge in [-0.05, 0) is 6.42 Å². The topological polar surface area (TPSA) is 132 Å². The van der Waals surface area contributed by atoms with E-state index in [1.807, 2.05) is 0 Å². The Kier molecular flexibility index (Phi) is 10.2. The first-order chi connectivity index (χ1) is 10.8. The van der Waals surface area contributed by atoms with E-state index < -0.39 is 35.8 Å². The van der Waals surface area contributed by atoms with E-state index in [-0.39, 0.29) is 6.42 Å². The molecular formula is C16H28O7. The third kappa shape index (κ3) is 7.97. The highest BCUT2D eigenvalue weighted by molar-refractivity contribution is 5.89. The molecule has 4 N–H and O–H groups in total. The van der Waals surface area contributed by atoms with Gasteiger partial charge in [0.15, 0.2) is 5.60 Å². The first-order valence-corrected chi connectivity index (χ1v) is 8.16. The van der Waals surface area contributed by atoms with Crippen molar-refractivity contribution in [2.24, 2.45) is 5.92 Å². The van der Waals surface area contributed by atoms with Crippen molar-refractivity contribution in [1.29, 1.82) is 0 Å². The van der Waals surface area contributed by atoms with Gasteiger partial charge in [0.25, 0.3) is 0 Å². The number of rotatable bonds is 14. The van der Waals surface area contributed by atoms with Gasteiger partial charge in [0.2, 0.25) is 0 Å². The summed E-state index contributed by atoms with van der Waals surface area (Å²) < 4.78 is 0. The number of aliphatic hydroxyl groups is 1. The molecule has 0 fully saturated rings. The predicted octanol–water partition coefficient (Wildman–Crippen LogP) is 2.51. The second kappa shape index (κ2) is 11.0. The minimum absolute atomic E-state index is 0.0552. The van der Waals surface area contributed by atoms with E-state index in [9.17, 15) is 19.5 Å². The summed E-state index contributed by atoms with van der Waals surface area (Å²) in [5.74, 6) is -6.47. The van der Waals surface area contributed by atoms with Crippen LogP contribution in [0.1, 0.15) is 71.1 Å². The lowest BCUT2D eigenvalue weighted by molar-refractivity contribution is -0.179. The van der Waals surface area contributed by atoms with Crippen molar-refractivity contribution in [3.63, 3.8) is 0 Å². The van der Waals surface area contributed by atoms with E-state index in [1.54, 1.807) is 0 Å². The number of hydrogen-bond donors (Lipinski definition) is 4. The van der Waals surface area contributed by atoms with E-state index in [4.69, 9.17) is 15.3 Å². The summed E-state index contributed by atoms with van der Waals surface area (Å²) in [7, 11) is 0. The Hall–Kier alpha value is -1.63. The fraction of sp³-hybridized carbons (Fsp3) is 0.812. The average molecular weight is 332 g/mol. The van der Waals surface area contributed by atoms with E-state index in [2.05, 4.69) is 6.92 Å². The summed E-state index contributed by atoms with van der Waals surface area (Å²) in [6.45, 7) is 2.13. The van der Waals surface area contributed by atoms with Gasteiger partial charge in [-0.3, -0.25) is 9.59 Å². The zero-order valence-electron chi connectivity index (χ0n) is 13.7. The summed E-state index contributed by atoms with van der Waals surface area (Å²) in [6.07, 6.45) is 6.60. The van der Waals surface area contributed by atoms with Gasteiger partial charge in [0.05, 0.1) is 12.3 Å². The Bertz CT molecular complexity index is 394. The standard InChI is InChI=1S/C16H28O7/c1-2-3-4-5-6-7-8-9-10-12(14(19)20)16(23,15(21)22)11-13(17)18/h12,23H,2-11H2,1H3,(H,17,18)(H,19,20)(H,21,22). The van der Waals surface area contributed by atoms with Crippen molar-refractivity contribution >= 4 is 17.9 Å². The highest BCUT2D eigenvalue weighted by atomic mass is 16.4. The van der Waals surface area contributed by atoms with Crippen molar-refractivity contribution in [3.05, 3.63) is 0 Å². The maximum Gasteiger partial charge on any atom is 0.337 e. The highest BCUT2D eigenvalue weighted by Gasteiger charge is 2.49. The molecule has 0 aliphatic heterocycles. The van der Waals surface area contributed by atoms with E-state index in [0.717, 1.165) is 32.1 Å². The maximum atomic E-state index is 11.3. The zero-order chi connectivity index (χ0) is 17.9. The molecule has 0 radical (unpaired) electrons. The number of aliphatic carboxylic acids is 3. The Balaban J connectivity index is 4.42. The molecule has 134 valence electrons. The van der Waals surface area contributed by atoms with Crippen LogP contribution in [0.15, 0.2) is 0 Å². The number of carbonyl (C=O) groups is 3. The number of unbranched alkanes of at least 4 members (excludes halogenated alkanes) is 7. The molecule has 0 aliphatic rings. The molecule has 0 spiro atoms. The number of hydrogen-bond acceptors (Lipinski definition) is 4. The van der Waals surface area contributed by atoms with Gasteiger partial charge in [0, 0.05) is 0 Å². The number of carboxylic acid groups (broad SMARTS) is 3. The van der Waals surface area contributed by atoms with Crippen LogP contribution in [0.2, 0.25) is 0 Å². The predicted molar refractivity (Wildman–Crippen MR) is 83.2 cm³/mol. The molecule has 0 saturated heterocycles. The van der Waals surface area contributed by atoms with Gasteiger partial charge in [0.1, 0.15) is 0 Å². The SMILES string of the molecule is CCCCCCCCCCC(C(=O)O)C(O)(CC(=O)O)C(=O)O. The van der Waals surface area contributed by atoms with Crippen LogP contribution in [-0.4, -0.2) is 43.9 Å². The molecule has 0 heterocycles. The molecular weight excluding hydrogens is 304 g/mol. The fourth-order valence-corrected chi connectivity index (χ4v) is 2.63. The van der Waals surface area contributed by atoms with Gasteiger partial charge in [-0.25, -0.2) is 4.79 Å². The normalized spacial score (nSPS) is 14.9. The summed E-state index contributed by atoms with van der Waals surface area (Å²) in [5, 5.41) is 37.0. The first kappa shape index (κ1) is 21.4. The largest absolute Gasteiger partial charge is 0.481 e. The fourth-order valence-electron chi connectivity index (χ4n) is 2.63. The Morgan fingerprint density at radius 3 is 1.74 bits per heavy atom. The molecule has 7 heteroatoms. The lowest BCUT2D eigenvalue weighted by atomic mass is 9.81. The third-order valence-electron chi connectivity index (χ3n) is 4.01. The third-order valence-corrected chi connectivity index (χ3v) is 4.01. The molecule has 23 heavy (non-hydrogen) atoms. The van der Waals surface area contributed by atoms with Crippen LogP contribution in [-0.2, 0) is 14.4 Å². The van der Waals surface area contributed by atoms with E-state index in [1.165, 1.54) is 12.8 Å². The second-order valence-corrected chi connectivity index (χ2v) is 5.95. The van der Waals surface area contributed by atoms with Crippen molar-refractivity contribution in [1.82, 2.24) is 0 Å². The Morgan fingerprint density at radius 1 is 0.870 bits per heavy atom. The quantitative estimate of drug-likeness (QED) is 0.359. The molecule has 0 saturated carbocycles. The Labute approximate surface area is 136 Å². The molecule has 7 nitrogen and oxygen atoms in total.